The second kappa shape index (κ2) is 12.2. The quantitative estimate of drug-likeness (QED) is 0.243. The molecule has 0 aromatic heterocycles. The third-order valence-electron chi connectivity index (χ3n) is 5.37. The van der Waals surface area contributed by atoms with Crippen LogP contribution in [0.15, 0.2) is 57.3 Å². The number of halogens is 2. The van der Waals surface area contributed by atoms with Crippen LogP contribution in [0.25, 0.3) is 0 Å². The molecule has 0 atom stereocenters. The average Bonchev–Trinajstić information content (AvgIpc) is 2.75. The highest BCUT2D eigenvalue weighted by Crippen LogP contribution is 2.29. The van der Waals surface area contributed by atoms with Gasteiger partial charge in [-0.3, -0.25) is 9.45 Å². The van der Waals surface area contributed by atoms with E-state index >= 15 is 0 Å². The van der Waals surface area contributed by atoms with E-state index in [1.54, 1.807) is 6.07 Å². The van der Waals surface area contributed by atoms with Gasteiger partial charge in [0, 0.05) is 5.69 Å². The molecule has 5 N–H and O–H groups in total. The fourth-order valence-corrected chi connectivity index (χ4v) is 4.66. The van der Waals surface area contributed by atoms with Crippen molar-refractivity contribution in [2.24, 2.45) is 21.5 Å². The molecule has 0 unspecified atom stereocenters. The van der Waals surface area contributed by atoms with Crippen LogP contribution in [-0.2, 0) is 33.2 Å². The van der Waals surface area contributed by atoms with Crippen molar-refractivity contribution in [3.8, 4) is 0 Å². The Balaban J connectivity index is 0.000000717. The average molecular weight is 576 g/mol. The Morgan fingerprint density at radius 2 is 1.59 bits per heavy atom. The molecule has 0 saturated heterocycles. The summed E-state index contributed by atoms with van der Waals surface area (Å²) in [7, 11) is -8.47. The summed E-state index contributed by atoms with van der Waals surface area (Å²) in [6, 6.07) is 12.3. The molecule has 0 spiro atoms. The first-order chi connectivity index (χ1) is 17.0. The van der Waals surface area contributed by atoms with E-state index in [1.165, 1.54) is 19.1 Å². The lowest BCUT2D eigenvalue weighted by atomic mass is 10.0. The molecule has 0 radical (unpaired) electrons. The SMILES string of the molecule is CC1(C)N=C(N)N=C(N)N1c1cccc(CCCCc2ccc(S(=O)(=O)F)c(Cl)c2)c1.CCS(=O)(=O)O. The van der Waals surface area contributed by atoms with E-state index in [-0.39, 0.29) is 16.7 Å². The lowest BCUT2D eigenvalue weighted by Crippen LogP contribution is -2.54. The van der Waals surface area contributed by atoms with E-state index in [4.69, 9.17) is 27.6 Å². The van der Waals surface area contributed by atoms with E-state index in [9.17, 15) is 20.7 Å². The van der Waals surface area contributed by atoms with Crippen LogP contribution < -0.4 is 16.4 Å². The van der Waals surface area contributed by atoms with Crippen molar-refractivity contribution in [3.63, 3.8) is 0 Å². The molecule has 14 heteroatoms. The highest BCUT2D eigenvalue weighted by Gasteiger charge is 2.33. The number of hydrogen-bond donors (Lipinski definition) is 3. The summed E-state index contributed by atoms with van der Waals surface area (Å²) in [6.45, 7) is 5.20. The van der Waals surface area contributed by atoms with Crippen molar-refractivity contribution in [1.82, 2.24) is 0 Å². The second-order valence-electron chi connectivity index (χ2n) is 8.72. The van der Waals surface area contributed by atoms with Crippen LogP contribution in [-0.4, -0.2) is 44.7 Å². The Morgan fingerprint density at radius 1 is 1.03 bits per heavy atom. The van der Waals surface area contributed by atoms with E-state index in [1.807, 2.05) is 36.9 Å². The largest absolute Gasteiger partial charge is 0.369 e. The second-order valence-corrected chi connectivity index (χ2v) is 12.2. The van der Waals surface area contributed by atoms with E-state index < -0.39 is 30.9 Å². The minimum Gasteiger partial charge on any atom is -0.369 e. The number of anilines is 1. The normalized spacial score (nSPS) is 15.4. The van der Waals surface area contributed by atoms with Gasteiger partial charge in [0.1, 0.15) is 10.6 Å². The van der Waals surface area contributed by atoms with Crippen molar-refractivity contribution < 1.29 is 25.3 Å². The zero-order chi connectivity index (χ0) is 28.0. The Kier molecular flexibility index (Phi) is 10.1. The third kappa shape index (κ3) is 9.26. The summed E-state index contributed by atoms with van der Waals surface area (Å²) in [5.41, 5.74) is 14.1. The molecule has 10 nitrogen and oxygen atoms in total. The van der Waals surface area contributed by atoms with Crippen molar-refractivity contribution in [3.05, 3.63) is 58.6 Å². The summed E-state index contributed by atoms with van der Waals surface area (Å²) in [4.78, 5) is 9.80. The third-order valence-corrected chi connectivity index (χ3v) is 7.40. The zero-order valence-corrected chi connectivity index (χ0v) is 23.1. The number of nitrogens with zero attached hydrogens (tertiary/aromatic N) is 3. The molecule has 0 bridgehead atoms. The molecular formula is C23H31ClFN5O5S2. The first-order valence-corrected chi connectivity index (χ1v) is 14.7. The molecule has 1 heterocycles. The highest BCUT2D eigenvalue weighted by atomic mass is 35.5. The van der Waals surface area contributed by atoms with Gasteiger partial charge in [0.2, 0.25) is 11.9 Å². The number of aliphatic imine (C=N–C) groups is 2. The monoisotopic (exact) mass is 575 g/mol. The lowest BCUT2D eigenvalue weighted by Gasteiger charge is -2.38. The van der Waals surface area contributed by atoms with Gasteiger partial charge in [0.05, 0.1) is 10.8 Å². The fourth-order valence-electron chi connectivity index (χ4n) is 3.66. The van der Waals surface area contributed by atoms with Crippen molar-refractivity contribution in [1.29, 1.82) is 0 Å². The van der Waals surface area contributed by atoms with Gasteiger partial charge in [-0.25, -0.2) is 4.99 Å². The number of nitrogens with two attached hydrogens (primary N) is 2. The first kappa shape index (κ1) is 30.5. The number of benzene rings is 2. The van der Waals surface area contributed by atoms with Gasteiger partial charge in [0.25, 0.3) is 10.1 Å². The topological polar surface area (TPSA) is 169 Å². The Hall–Kier alpha value is -2.74. The molecule has 2 aromatic carbocycles. The molecule has 3 rings (SSSR count). The minimum absolute atomic E-state index is 0.0978. The fraction of sp³-hybridized carbons (Fsp3) is 0.391. The van der Waals surface area contributed by atoms with Crippen LogP contribution in [0.3, 0.4) is 0 Å². The van der Waals surface area contributed by atoms with E-state index in [2.05, 4.69) is 16.1 Å². The Labute approximate surface area is 222 Å². The van der Waals surface area contributed by atoms with Crippen LogP contribution in [0.2, 0.25) is 5.02 Å². The lowest BCUT2D eigenvalue weighted by molar-refractivity contribution is 0.484. The molecule has 1 aliphatic rings. The van der Waals surface area contributed by atoms with Crippen molar-refractivity contribution in [2.75, 3.05) is 10.7 Å². The van der Waals surface area contributed by atoms with E-state index in [0.717, 1.165) is 36.1 Å². The molecule has 2 aromatic rings. The van der Waals surface area contributed by atoms with Crippen molar-refractivity contribution in [2.45, 2.75) is 57.0 Å². The summed E-state index contributed by atoms with van der Waals surface area (Å²) >= 11 is 5.90. The maximum Gasteiger partial charge on any atom is 0.333 e. The van der Waals surface area contributed by atoms with Crippen LogP contribution in [0.5, 0.6) is 0 Å². The van der Waals surface area contributed by atoms with Crippen LogP contribution in [0, 0.1) is 0 Å². The summed E-state index contributed by atoms with van der Waals surface area (Å²) < 4.78 is 62.1. The molecule has 204 valence electrons. The number of rotatable bonds is 8. The molecule has 37 heavy (non-hydrogen) atoms. The number of hydrogen-bond acceptors (Lipinski definition) is 9. The van der Waals surface area contributed by atoms with Gasteiger partial charge >= 0.3 is 10.2 Å². The number of guanidine groups is 2. The highest BCUT2D eigenvalue weighted by molar-refractivity contribution is 7.86. The maximum atomic E-state index is 13.1. The van der Waals surface area contributed by atoms with Gasteiger partial charge < -0.3 is 11.5 Å². The van der Waals surface area contributed by atoms with Gasteiger partial charge in [-0.2, -0.15) is 21.8 Å². The van der Waals surface area contributed by atoms with Crippen LogP contribution in [0.4, 0.5) is 9.57 Å². The number of aryl methyl sites for hydroxylation is 2. The molecule has 0 aliphatic carbocycles. The van der Waals surface area contributed by atoms with Crippen LogP contribution in [0.1, 0.15) is 44.7 Å². The summed E-state index contributed by atoms with van der Waals surface area (Å²) in [5, 5.41) is -0.0978. The van der Waals surface area contributed by atoms with Gasteiger partial charge in [-0.05, 0) is 81.8 Å². The summed E-state index contributed by atoms with van der Waals surface area (Å²) in [5.74, 6) is 0.255. The molecule has 0 saturated carbocycles. The number of unbranched alkanes of at least 4 members (excludes halogenated alkanes) is 1. The molecular weight excluding hydrogens is 545 g/mol. The smallest absolute Gasteiger partial charge is 0.333 e. The predicted octanol–water partition coefficient (Wildman–Crippen LogP) is 3.64. The molecule has 0 amide bonds. The van der Waals surface area contributed by atoms with Gasteiger partial charge in [-0.15, -0.1) is 3.89 Å². The standard InChI is InChI=1S/C21H25ClFN5O2S.C2H6O3S/c1-21(2)27-19(24)26-20(25)28(21)16-9-5-8-14(12-16)6-3-4-7-15-10-11-18(17(22)13-15)31(23,29)30;1-2-6(3,4)5/h5,8-13H,3-4,6-7H2,1-2H3,(H4,24,25,26,27);2H2,1H3,(H,3,4,5). The Bertz CT molecular complexity index is 1400. The predicted molar refractivity (Wildman–Crippen MR) is 145 cm³/mol. The van der Waals surface area contributed by atoms with Gasteiger partial charge in [0.15, 0.2) is 0 Å². The minimum atomic E-state index is -4.81. The van der Waals surface area contributed by atoms with E-state index in [0.29, 0.717) is 12.4 Å². The van der Waals surface area contributed by atoms with Crippen molar-refractivity contribution >= 4 is 49.5 Å². The van der Waals surface area contributed by atoms with Gasteiger partial charge in [-0.1, -0.05) is 29.8 Å². The molecule has 0 fully saturated rings. The zero-order valence-electron chi connectivity index (χ0n) is 20.7. The Morgan fingerprint density at radius 3 is 2.08 bits per heavy atom. The first-order valence-electron chi connectivity index (χ1n) is 11.3. The molecule has 1 aliphatic heterocycles. The summed E-state index contributed by atoms with van der Waals surface area (Å²) in [6.07, 6.45) is 3.32. The van der Waals surface area contributed by atoms with Crippen LogP contribution >= 0.6 is 11.6 Å². The maximum absolute atomic E-state index is 13.1.